The zero-order valence-electron chi connectivity index (χ0n) is 16.0. The van der Waals surface area contributed by atoms with Gasteiger partial charge in [-0.3, -0.25) is 9.69 Å². The highest BCUT2D eigenvalue weighted by Crippen LogP contribution is 2.23. The highest BCUT2D eigenvalue weighted by molar-refractivity contribution is 7.91. The first-order chi connectivity index (χ1) is 13.4. The number of benzene rings is 2. The number of hydrogen-bond acceptors (Lipinski definition) is 5. The molecular formula is C21H26N2O4S. The Morgan fingerprint density at radius 1 is 1.11 bits per heavy atom. The minimum absolute atomic E-state index is 0.0834. The largest absolute Gasteiger partial charge is 0.492 e. The molecule has 0 spiro atoms. The summed E-state index contributed by atoms with van der Waals surface area (Å²) in [5.41, 5.74) is 1.98. The Balaban J connectivity index is 1.60. The molecule has 1 fully saturated rings. The minimum atomic E-state index is -3.01. The molecule has 1 amide bonds. The Hall–Kier alpha value is -2.38. The van der Waals surface area contributed by atoms with Crippen molar-refractivity contribution >= 4 is 15.7 Å². The molecule has 0 aromatic heterocycles. The Kier molecular flexibility index (Phi) is 6.70. The first-order valence-electron chi connectivity index (χ1n) is 9.41. The minimum Gasteiger partial charge on any atom is -0.492 e. The number of hydrogen-bond donors (Lipinski definition) is 1. The fourth-order valence-corrected chi connectivity index (χ4v) is 4.52. The number of nitrogens with one attached hydrogen (secondary N) is 1. The summed E-state index contributed by atoms with van der Waals surface area (Å²) in [5, 5.41) is 2.93. The number of carbonyl (C=O) groups is 1. The summed E-state index contributed by atoms with van der Waals surface area (Å²) < 4.78 is 29.2. The average molecular weight is 403 g/mol. The lowest BCUT2D eigenvalue weighted by atomic mass is 10.0. The van der Waals surface area contributed by atoms with Crippen LogP contribution < -0.4 is 10.1 Å². The van der Waals surface area contributed by atoms with Crippen LogP contribution >= 0.6 is 0 Å². The van der Waals surface area contributed by atoms with Gasteiger partial charge in [0.25, 0.3) is 0 Å². The zero-order valence-corrected chi connectivity index (χ0v) is 16.8. The zero-order chi connectivity index (χ0) is 20.0. The van der Waals surface area contributed by atoms with Crippen LogP contribution in [0.1, 0.15) is 17.2 Å². The van der Waals surface area contributed by atoms with Crippen molar-refractivity contribution in [2.75, 3.05) is 37.7 Å². The molecule has 7 heteroatoms. The van der Waals surface area contributed by atoms with Crippen molar-refractivity contribution in [3.63, 3.8) is 0 Å². The van der Waals surface area contributed by atoms with Gasteiger partial charge in [0.05, 0.1) is 18.1 Å². The molecule has 0 bridgehead atoms. The van der Waals surface area contributed by atoms with Gasteiger partial charge in [-0.15, -0.1) is 0 Å². The van der Waals surface area contributed by atoms with E-state index in [1.165, 1.54) is 0 Å². The first kappa shape index (κ1) is 20.4. The average Bonchev–Trinajstić information content (AvgIpc) is 2.68. The van der Waals surface area contributed by atoms with Gasteiger partial charge in [0.15, 0.2) is 9.84 Å². The van der Waals surface area contributed by atoms with Crippen LogP contribution in [0.3, 0.4) is 0 Å². The van der Waals surface area contributed by atoms with Gasteiger partial charge in [-0.05, 0) is 30.2 Å². The summed E-state index contributed by atoms with van der Waals surface area (Å²) in [5.74, 6) is 0.800. The van der Waals surface area contributed by atoms with E-state index in [4.69, 9.17) is 4.74 Å². The molecule has 1 atom stereocenters. The van der Waals surface area contributed by atoms with Gasteiger partial charge < -0.3 is 10.1 Å². The van der Waals surface area contributed by atoms with E-state index in [1.54, 1.807) is 0 Å². The molecule has 1 unspecified atom stereocenters. The molecule has 0 aliphatic carbocycles. The third-order valence-electron chi connectivity index (χ3n) is 4.77. The molecule has 1 saturated heterocycles. The van der Waals surface area contributed by atoms with E-state index in [2.05, 4.69) is 5.32 Å². The predicted molar refractivity (Wildman–Crippen MR) is 109 cm³/mol. The molecule has 1 N–H and O–H groups in total. The summed E-state index contributed by atoms with van der Waals surface area (Å²) >= 11 is 0. The monoisotopic (exact) mass is 402 g/mol. The molecule has 6 nitrogen and oxygen atoms in total. The second-order valence-electron chi connectivity index (χ2n) is 6.96. The third-order valence-corrected chi connectivity index (χ3v) is 6.38. The lowest BCUT2D eigenvalue weighted by Gasteiger charge is -2.33. The number of aryl methyl sites for hydroxylation is 1. The Morgan fingerprint density at radius 2 is 1.82 bits per heavy atom. The van der Waals surface area contributed by atoms with E-state index in [0.717, 1.165) is 16.9 Å². The molecule has 0 radical (unpaired) electrons. The summed E-state index contributed by atoms with van der Waals surface area (Å²) in [7, 11) is -3.01. The molecule has 150 valence electrons. The maximum atomic E-state index is 12.9. The predicted octanol–water partition coefficient (Wildman–Crippen LogP) is 1.96. The van der Waals surface area contributed by atoms with E-state index in [-0.39, 0.29) is 17.4 Å². The van der Waals surface area contributed by atoms with Gasteiger partial charge in [0.2, 0.25) is 5.91 Å². The van der Waals surface area contributed by atoms with Crippen LogP contribution in [0, 0.1) is 6.92 Å². The van der Waals surface area contributed by atoms with Crippen LogP contribution in [0.15, 0.2) is 54.6 Å². The molecular weight excluding hydrogens is 376 g/mol. The van der Waals surface area contributed by atoms with E-state index in [9.17, 15) is 13.2 Å². The molecule has 1 aliphatic rings. The maximum absolute atomic E-state index is 12.9. The van der Waals surface area contributed by atoms with Crippen molar-refractivity contribution in [2.24, 2.45) is 0 Å². The molecule has 0 saturated carbocycles. The summed E-state index contributed by atoms with van der Waals surface area (Å²) in [6.45, 7) is 3.45. The standard InChI is InChI=1S/C21H26N2O4S/c1-17-6-5-9-19(16-17)27-13-10-22-21(24)20(18-7-3-2-4-8-18)23-11-14-28(25,26)15-12-23/h2-9,16,20H,10-15H2,1H3,(H,22,24). The van der Waals surface area contributed by atoms with Crippen molar-refractivity contribution in [2.45, 2.75) is 13.0 Å². The van der Waals surface area contributed by atoms with Crippen LogP contribution in [0.4, 0.5) is 0 Å². The Morgan fingerprint density at radius 3 is 2.50 bits per heavy atom. The smallest absolute Gasteiger partial charge is 0.242 e. The first-order valence-corrected chi connectivity index (χ1v) is 11.2. The van der Waals surface area contributed by atoms with Crippen LogP contribution in [-0.4, -0.2) is 57.0 Å². The van der Waals surface area contributed by atoms with Gasteiger partial charge >= 0.3 is 0 Å². The number of sulfone groups is 1. The van der Waals surface area contributed by atoms with E-state index in [0.29, 0.717) is 26.2 Å². The van der Waals surface area contributed by atoms with Gasteiger partial charge in [-0.2, -0.15) is 0 Å². The number of carbonyl (C=O) groups excluding carboxylic acids is 1. The maximum Gasteiger partial charge on any atom is 0.242 e. The fraction of sp³-hybridized carbons (Fsp3) is 0.381. The van der Waals surface area contributed by atoms with Crippen molar-refractivity contribution in [3.8, 4) is 5.75 Å². The van der Waals surface area contributed by atoms with Crippen LogP contribution in [0.2, 0.25) is 0 Å². The quantitative estimate of drug-likeness (QED) is 0.717. The Bertz CT molecular complexity index is 886. The van der Waals surface area contributed by atoms with Crippen molar-refractivity contribution in [1.82, 2.24) is 10.2 Å². The second-order valence-corrected chi connectivity index (χ2v) is 9.26. The SMILES string of the molecule is Cc1cccc(OCCNC(=O)C(c2ccccc2)N2CCS(=O)(=O)CC2)c1. The van der Waals surface area contributed by atoms with Crippen LogP contribution in [0.25, 0.3) is 0 Å². The van der Waals surface area contributed by atoms with E-state index < -0.39 is 15.9 Å². The molecule has 1 aliphatic heterocycles. The van der Waals surface area contributed by atoms with E-state index >= 15 is 0 Å². The van der Waals surface area contributed by atoms with Crippen molar-refractivity contribution in [1.29, 1.82) is 0 Å². The summed E-state index contributed by atoms with van der Waals surface area (Å²) in [6.07, 6.45) is 0. The second kappa shape index (κ2) is 9.21. The molecule has 28 heavy (non-hydrogen) atoms. The Labute approximate surface area is 166 Å². The van der Waals surface area contributed by atoms with Gasteiger partial charge in [0, 0.05) is 13.1 Å². The van der Waals surface area contributed by atoms with Crippen molar-refractivity contribution < 1.29 is 17.9 Å². The number of rotatable bonds is 7. The van der Waals surface area contributed by atoms with E-state index in [1.807, 2.05) is 66.4 Å². The number of ether oxygens (including phenoxy) is 1. The number of nitrogens with zero attached hydrogens (tertiary/aromatic N) is 1. The van der Waals surface area contributed by atoms with Crippen molar-refractivity contribution in [3.05, 3.63) is 65.7 Å². The third kappa shape index (κ3) is 5.56. The summed E-state index contributed by atoms with van der Waals surface area (Å²) in [4.78, 5) is 14.8. The van der Waals surface area contributed by atoms with Gasteiger partial charge in [-0.1, -0.05) is 42.5 Å². The molecule has 2 aromatic rings. The van der Waals surface area contributed by atoms with Crippen LogP contribution in [0.5, 0.6) is 5.75 Å². The van der Waals surface area contributed by atoms with Gasteiger partial charge in [-0.25, -0.2) is 8.42 Å². The van der Waals surface area contributed by atoms with Gasteiger partial charge in [0.1, 0.15) is 18.4 Å². The van der Waals surface area contributed by atoms with Crippen LogP contribution in [-0.2, 0) is 14.6 Å². The highest BCUT2D eigenvalue weighted by atomic mass is 32.2. The fourth-order valence-electron chi connectivity index (χ4n) is 3.29. The number of amides is 1. The lowest BCUT2D eigenvalue weighted by Crippen LogP contribution is -2.48. The molecule has 3 rings (SSSR count). The lowest BCUT2D eigenvalue weighted by molar-refractivity contribution is -0.126. The molecule has 2 aromatic carbocycles. The highest BCUT2D eigenvalue weighted by Gasteiger charge is 2.32. The topological polar surface area (TPSA) is 75.7 Å². The normalized spacial score (nSPS) is 17.6. The summed E-state index contributed by atoms with van der Waals surface area (Å²) in [6, 6.07) is 16.7. The molecule has 1 heterocycles.